The molecule has 3 aromatic carbocycles. The van der Waals surface area contributed by atoms with Gasteiger partial charge in [-0.05, 0) is 53.4 Å². The van der Waals surface area contributed by atoms with Gasteiger partial charge in [-0.3, -0.25) is 9.59 Å². The highest BCUT2D eigenvalue weighted by atomic mass is 35.5. The Morgan fingerprint density at radius 1 is 1.00 bits per heavy atom. The number of nitrogens with zero attached hydrogens (tertiary/aromatic N) is 3. The van der Waals surface area contributed by atoms with E-state index in [0.717, 1.165) is 28.6 Å². The average molecular weight is 531 g/mol. The average Bonchev–Trinajstić information content (AvgIpc) is 3.30. The van der Waals surface area contributed by atoms with Crippen LogP contribution in [0.25, 0.3) is 16.5 Å². The molecule has 0 saturated carbocycles. The van der Waals surface area contributed by atoms with E-state index >= 15 is 0 Å². The third-order valence-electron chi connectivity index (χ3n) is 6.43. The first-order chi connectivity index (χ1) is 18.0. The summed E-state index contributed by atoms with van der Waals surface area (Å²) >= 11 is 6.09. The van der Waals surface area contributed by atoms with Crippen molar-refractivity contribution in [1.29, 1.82) is 0 Å². The third kappa shape index (κ3) is 6.43. The molecule has 4 rings (SSSR count). The van der Waals surface area contributed by atoms with Crippen LogP contribution in [0.2, 0.25) is 5.02 Å². The van der Waals surface area contributed by atoms with Crippen molar-refractivity contribution in [3.8, 4) is 5.69 Å². The predicted octanol–water partition coefficient (Wildman–Crippen LogP) is 7.10. The lowest BCUT2D eigenvalue weighted by molar-refractivity contribution is -0.117. The summed E-state index contributed by atoms with van der Waals surface area (Å²) in [5.74, 6) is 0.502. The molecule has 0 spiro atoms. The molecule has 1 heterocycles. The zero-order chi connectivity index (χ0) is 27.4. The second-order valence-electron chi connectivity index (χ2n) is 11.0. The second kappa shape index (κ2) is 11.4. The van der Waals surface area contributed by atoms with Crippen LogP contribution in [-0.4, -0.2) is 39.6 Å². The Hall–Kier alpha value is -3.64. The van der Waals surface area contributed by atoms with Crippen molar-refractivity contribution in [2.24, 2.45) is 5.92 Å². The normalized spacial score (nSPS) is 11.7. The van der Waals surface area contributed by atoms with Crippen molar-refractivity contribution in [1.82, 2.24) is 14.7 Å². The van der Waals surface area contributed by atoms with E-state index in [4.69, 9.17) is 16.7 Å². The van der Waals surface area contributed by atoms with E-state index in [1.807, 2.05) is 60.7 Å². The molecule has 1 aromatic heterocycles. The first-order valence-electron chi connectivity index (χ1n) is 13.0. The van der Waals surface area contributed by atoms with Crippen molar-refractivity contribution in [2.45, 2.75) is 46.5 Å². The predicted molar refractivity (Wildman–Crippen MR) is 155 cm³/mol. The zero-order valence-electron chi connectivity index (χ0n) is 22.7. The maximum atomic E-state index is 13.7. The molecule has 7 heteroatoms. The number of anilines is 1. The van der Waals surface area contributed by atoms with Crippen LogP contribution < -0.4 is 5.32 Å². The van der Waals surface area contributed by atoms with Crippen LogP contribution in [0.15, 0.2) is 72.8 Å². The molecule has 0 fully saturated rings. The summed E-state index contributed by atoms with van der Waals surface area (Å²) in [4.78, 5) is 28.8. The number of fused-ring (bicyclic) bond motifs is 1. The largest absolute Gasteiger partial charge is 0.329 e. The van der Waals surface area contributed by atoms with Crippen molar-refractivity contribution in [2.75, 3.05) is 18.4 Å². The Bertz CT molecular complexity index is 1430. The Balaban J connectivity index is 1.62. The molecular formula is C31H35ClN4O2. The lowest BCUT2D eigenvalue weighted by Crippen LogP contribution is -2.39. The van der Waals surface area contributed by atoms with Crippen LogP contribution in [0, 0.1) is 5.92 Å². The summed E-state index contributed by atoms with van der Waals surface area (Å²) < 4.78 is 1.71. The molecule has 4 aromatic rings. The van der Waals surface area contributed by atoms with Crippen molar-refractivity contribution < 1.29 is 9.59 Å². The Morgan fingerprint density at radius 3 is 2.37 bits per heavy atom. The fourth-order valence-electron chi connectivity index (χ4n) is 4.22. The van der Waals surface area contributed by atoms with Crippen LogP contribution in [0.4, 0.5) is 5.82 Å². The lowest BCUT2D eigenvalue weighted by Gasteiger charge is -2.24. The van der Waals surface area contributed by atoms with E-state index in [2.05, 4.69) is 39.9 Å². The van der Waals surface area contributed by atoms with E-state index in [9.17, 15) is 9.59 Å². The first-order valence-corrected chi connectivity index (χ1v) is 13.3. The van der Waals surface area contributed by atoms with Crippen LogP contribution in [0.1, 0.15) is 57.1 Å². The van der Waals surface area contributed by atoms with Gasteiger partial charge in [-0.2, -0.15) is 5.10 Å². The number of aromatic nitrogens is 2. The standard InChI is InChI=1S/C31H35ClN4O2/c1-21(2)17-18-35(30(38)26-12-8-10-22-9-6-7-11-25(22)26)20-29(37)33-28-19-27(31(3,4)5)34-36(28)24-15-13-23(32)14-16-24/h6-16,19,21H,17-18,20H2,1-5H3,(H,33,37). The van der Waals surface area contributed by atoms with Gasteiger partial charge >= 0.3 is 0 Å². The topological polar surface area (TPSA) is 67.2 Å². The Morgan fingerprint density at radius 2 is 1.68 bits per heavy atom. The van der Waals surface area contributed by atoms with E-state index in [-0.39, 0.29) is 23.8 Å². The number of nitrogens with one attached hydrogen (secondary N) is 1. The number of amides is 2. The molecular weight excluding hydrogens is 496 g/mol. The zero-order valence-corrected chi connectivity index (χ0v) is 23.4. The maximum Gasteiger partial charge on any atom is 0.254 e. The summed E-state index contributed by atoms with van der Waals surface area (Å²) in [7, 11) is 0. The quantitative estimate of drug-likeness (QED) is 0.264. The van der Waals surface area contributed by atoms with Crippen molar-refractivity contribution in [3.05, 3.63) is 89.1 Å². The number of hydrogen-bond donors (Lipinski definition) is 1. The van der Waals surface area contributed by atoms with Gasteiger partial charge in [0, 0.05) is 28.6 Å². The molecule has 0 aliphatic carbocycles. The van der Waals surface area contributed by atoms with Gasteiger partial charge in [0.1, 0.15) is 12.4 Å². The van der Waals surface area contributed by atoms with E-state index < -0.39 is 0 Å². The van der Waals surface area contributed by atoms with E-state index in [1.54, 1.807) is 21.7 Å². The van der Waals surface area contributed by atoms with E-state index in [0.29, 0.717) is 28.9 Å². The van der Waals surface area contributed by atoms with E-state index in [1.165, 1.54) is 0 Å². The molecule has 198 valence electrons. The number of carbonyl (C=O) groups is 2. The van der Waals surface area contributed by atoms with Gasteiger partial charge in [-0.15, -0.1) is 0 Å². The maximum absolute atomic E-state index is 13.7. The number of hydrogen-bond acceptors (Lipinski definition) is 3. The van der Waals surface area contributed by atoms with Crippen LogP contribution in [-0.2, 0) is 10.2 Å². The highest BCUT2D eigenvalue weighted by Crippen LogP contribution is 2.27. The summed E-state index contributed by atoms with van der Waals surface area (Å²) in [6, 6.07) is 22.7. The Labute approximate surface area is 229 Å². The van der Waals surface area contributed by atoms with Gasteiger partial charge in [-0.25, -0.2) is 4.68 Å². The molecule has 0 saturated heterocycles. The smallest absolute Gasteiger partial charge is 0.254 e. The van der Waals surface area contributed by atoms with Gasteiger partial charge in [0.15, 0.2) is 0 Å². The summed E-state index contributed by atoms with van der Waals surface area (Å²) in [5.41, 5.74) is 2.00. The summed E-state index contributed by atoms with van der Waals surface area (Å²) in [5, 5.41) is 10.3. The lowest BCUT2D eigenvalue weighted by atomic mass is 9.92. The van der Waals surface area contributed by atoms with Crippen LogP contribution in [0.5, 0.6) is 0 Å². The van der Waals surface area contributed by atoms with Gasteiger partial charge in [-0.1, -0.05) is 82.6 Å². The molecule has 0 atom stereocenters. The van der Waals surface area contributed by atoms with Gasteiger partial charge in [0.25, 0.3) is 5.91 Å². The van der Waals surface area contributed by atoms with Crippen molar-refractivity contribution in [3.63, 3.8) is 0 Å². The fraction of sp³-hybridized carbons (Fsp3) is 0.323. The van der Waals surface area contributed by atoms with Gasteiger partial charge < -0.3 is 10.2 Å². The molecule has 0 unspecified atom stereocenters. The number of benzene rings is 3. The molecule has 6 nitrogen and oxygen atoms in total. The van der Waals surface area contributed by atoms with Crippen molar-refractivity contribution >= 4 is 40.0 Å². The van der Waals surface area contributed by atoms with Crippen LogP contribution in [0.3, 0.4) is 0 Å². The first kappa shape index (κ1) is 27.4. The molecule has 0 aliphatic heterocycles. The fourth-order valence-corrected chi connectivity index (χ4v) is 4.35. The molecule has 38 heavy (non-hydrogen) atoms. The van der Waals surface area contributed by atoms with Gasteiger partial charge in [0.05, 0.1) is 11.4 Å². The SMILES string of the molecule is CC(C)CCN(CC(=O)Nc1cc(C(C)(C)C)nn1-c1ccc(Cl)cc1)C(=O)c1cccc2ccccc12. The summed E-state index contributed by atoms with van der Waals surface area (Å²) in [6.07, 6.45) is 0.792. The minimum Gasteiger partial charge on any atom is -0.329 e. The number of halogens is 1. The molecule has 2 amide bonds. The monoisotopic (exact) mass is 530 g/mol. The molecule has 0 bridgehead atoms. The molecule has 1 N–H and O–H groups in total. The van der Waals surface area contributed by atoms with Gasteiger partial charge in [0.2, 0.25) is 5.91 Å². The second-order valence-corrected chi connectivity index (χ2v) is 11.5. The summed E-state index contributed by atoms with van der Waals surface area (Å²) in [6.45, 7) is 10.9. The van der Waals surface area contributed by atoms with Crippen LogP contribution >= 0.6 is 11.6 Å². The molecule has 0 aliphatic rings. The highest BCUT2D eigenvalue weighted by Gasteiger charge is 2.24. The Kier molecular flexibility index (Phi) is 8.22. The molecule has 0 radical (unpaired) electrons. The highest BCUT2D eigenvalue weighted by molar-refractivity contribution is 6.30. The third-order valence-corrected chi connectivity index (χ3v) is 6.69. The minimum atomic E-state index is -0.280. The minimum absolute atomic E-state index is 0.0641. The number of carbonyl (C=O) groups excluding carboxylic acids is 2. The number of rotatable bonds is 8.